The molecule has 2 rings (SSSR count). The molecule has 0 heterocycles. The van der Waals surface area contributed by atoms with Crippen LogP contribution in [0.2, 0.25) is 10.0 Å². The second kappa shape index (κ2) is 13.5. The van der Waals surface area contributed by atoms with Crippen LogP contribution in [-0.4, -0.2) is 34.6 Å². The highest BCUT2D eigenvalue weighted by molar-refractivity contribution is 9.10. The first-order valence-corrected chi connectivity index (χ1v) is 13.3. The van der Waals surface area contributed by atoms with Gasteiger partial charge in [-0.05, 0) is 49.6 Å². The van der Waals surface area contributed by atoms with E-state index in [2.05, 4.69) is 21.2 Å². The maximum Gasteiger partial charge on any atom is 0.243 e. The Morgan fingerprint density at radius 2 is 1.69 bits per heavy atom. The fourth-order valence-electron chi connectivity index (χ4n) is 3.13. The molecule has 0 aliphatic rings. The van der Waals surface area contributed by atoms with Gasteiger partial charge in [-0.25, -0.2) is 0 Å². The van der Waals surface area contributed by atoms with Crippen LogP contribution in [0.3, 0.4) is 0 Å². The molecule has 0 spiro atoms. The molecule has 32 heavy (non-hydrogen) atoms. The van der Waals surface area contributed by atoms with E-state index in [0.29, 0.717) is 27.8 Å². The van der Waals surface area contributed by atoms with Crippen LogP contribution in [0.4, 0.5) is 0 Å². The zero-order valence-corrected chi connectivity index (χ0v) is 22.5. The van der Waals surface area contributed by atoms with Crippen molar-refractivity contribution in [1.82, 2.24) is 10.2 Å². The van der Waals surface area contributed by atoms with E-state index in [1.807, 2.05) is 45.0 Å². The number of carbonyl (C=O) groups is 2. The number of nitrogens with one attached hydrogen (secondary N) is 1. The van der Waals surface area contributed by atoms with Gasteiger partial charge >= 0.3 is 0 Å². The third-order valence-electron chi connectivity index (χ3n) is 5.18. The summed E-state index contributed by atoms with van der Waals surface area (Å²) in [5.74, 6) is 0.686. The van der Waals surface area contributed by atoms with Crippen LogP contribution in [0.25, 0.3) is 0 Å². The van der Waals surface area contributed by atoms with E-state index in [9.17, 15) is 9.59 Å². The molecular weight excluding hydrogens is 531 g/mol. The number of hydrogen-bond acceptors (Lipinski definition) is 3. The predicted octanol–water partition coefficient (Wildman–Crippen LogP) is 6.71. The maximum absolute atomic E-state index is 13.3. The van der Waals surface area contributed by atoms with E-state index in [0.717, 1.165) is 16.5 Å². The first kappa shape index (κ1) is 27.0. The summed E-state index contributed by atoms with van der Waals surface area (Å²) >= 11 is 17.7. The fraction of sp³-hybridized carbons (Fsp3) is 0.417. The normalized spacial score (nSPS) is 12.8. The molecule has 8 heteroatoms. The Morgan fingerprint density at radius 3 is 2.25 bits per heavy atom. The van der Waals surface area contributed by atoms with E-state index >= 15 is 0 Å². The summed E-state index contributed by atoms with van der Waals surface area (Å²) in [7, 11) is 0. The Hall–Kier alpha value is -1.21. The molecule has 0 aliphatic heterocycles. The second-order valence-electron chi connectivity index (χ2n) is 7.58. The third kappa shape index (κ3) is 7.98. The lowest BCUT2D eigenvalue weighted by Crippen LogP contribution is -2.51. The van der Waals surface area contributed by atoms with Crippen LogP contribution in [0.15, 0.2) is 46.9 Å². The van der Waals surface area contributed by atoms with Gasteiger partial charge in [0.2, 0.25) is 11.8 Å². The summed E-state index contributed by atoms with van der Waals surface area (Å²) in [6, 6.07) is 12.7. The lowest BCUT2D eigenvalue weighted by atomic mass is 10.1. The molecular formula is C24H29BrCl2N2O2S. The summed E-state index contributed by atoms with van der Waals surface area (Å²) in [6.07, 6.45) is 1.31. The third-order valence-corrected chi connectivity index (χ3v) is 7.41. The number of carbonyl (C=O) groups excluding carboxylic acids is 2. The Kier molecular flexibility index (Phi) is 11.4. The van der Waals surface area contributed by atoms with Crippen molar-refractivity contribution in [2.24, 2.45) is 0 Å². The van der Waals surface area contributed by atoms with Crippen molar-refractivity contribution >= 4 is 62.7 Å². The molecule has 4 nitrogen and oxygen atoms in total. The molecule has 0 bridgehead atoms. The van der Waals surface area contributed by atoms with Crippen molar-refractivity contribution in [3.63, 3.8) is 0 Å². The van der Waals surface area contributed by atoms with Crippen molar-refractivity contribution in [3.05, 3.63) is 68.1 Å². The molecule has 2 aromatic rings. The minimum atomic E-state index is -0.600. The molecule has 1 N–H and O–H groups in total. The molecule has 2 aromatic carbocycles. The van der Waals surface area contributed by atoms with Crippen LogP contribution >= 0.6 is 50.9 Å². The number of thioether (sulfide) groups is 1. The van der Waals surface area contributed by atoms with Crippen molar-refractivity contribution in [1.29, 1.82) is 0 Å². The lowest BCUT2D eigenvalue weighted by Gasteiger charge is -2.32. The molecule has 0 aromatic heterocycles. The second-order valence-corrected chi connectivity index (χ2v) is 10.3. The number of rotatable bonds is 11. The standard InChI is InChI=1S/C24H29BrCl2N2O2S/c1-4-16(3)28-24(31)22(5-2)29(13-19-20(26)7-6-8-21(19)27)23(30)15-32-14-17-9-11-18(25)12-10-17/h6-12,16,22H,4-5,13-15H2,1-3H3,(H,28,31)/t16-,22+/m0/s1. The zero-order chi connectivity index (χ0) is 23.7. The molecule has 2 amide bonds. The van der Waals surface area contributed by atoms with Gasteiger partial charge in [0.05, 0.1) is 5.75 Å². The fourth-order valence-corrected chi connectivity index (χ4v) is 4.79. The number of hydrogen-bond donors (Lipinski definition) is 1. The monoisotopic (exact) mass is 558 g/mol. The topological polar surface area (TPSA) is 49.4 Å². The Balaban J connectivity index is 2.20. The molecule has 0 aliphatic carbocycles. The van der Waals surface area contributed by atoms with Crippen LogP contribution in [-0.2, 0) is 21.9 Å². The number of nitrogens with zero attached hydrogens (tertiary/aromatic N) is 1. The molecule has 0 saturated heterocycles. The molecule has 0 saturated carbocycles. The molecule has 174 valence electrons. The van der Waals surface area contributed by atoms with Gasteiger partial charge in [0, 0.05) is 38.4 Å². The van der Waals surface area contributed by atoms with E-state index in [-0.39, 0.29) is 30.2 Å². The first-order valence-electron chi connectivity index (χ1n) is 10.6. The highest BCUT2D eigenvalue weighted by Gasteiger charge is 2.30. The summed E-state index contributed by atoms with van der Waals surface area (Å²) < 4.78 is 1.02. The Labute approximate surface area is 213 Å². The molecule has 2 atom stereocenters. The smallest absolute Gasteiger partial charge is 0.243 e. The largest absolute Gasteiger partial charge is 0.352 e. The van der Waals surface area contributed by atoms with Crippen LogP contribution in [0.1, 0.15) is 44.7 Å². The van der Waals surface area contributed by atoms with Gasteiger partial charge in [-0.2, -0.15) is 0 Å². The van der Waals surface area contributed by atoms with E-state index < -0.39 is 6.04 Å². The Morgan fingerprint density at radius 1 is 1.06 bits per heavy atom. The van der Waals surface area contributed by atoms with Crippen LogP contribution < -0.4 is 5.32 Å². The number of amides is 2. The molecule has 0 unspecified atom stereocenters. The summed E-state index contributed by atoms with van der Waals surface area (Å²) in [5, 5.41) is 3.97. The van der Waals surface area contributed by atoms with Crippen LogP contribution in [0, 0.1) is 0 Å². The van der Waals surface area contributed by atoms with Crippen LogP contribution in [0.5, 0.6) is 0 Å². The first-order chi connectivity index (χ1) is 15.3. The highest BCUT2D eigenvalue weighted by Crippen LogP contribution is 2.27. The Bertz CT molecular complexity index is 891. The van der Waals surface area contributed by atoms with E-state index in [4.69, 9.17) is 23.2 Å². The number of benzene rings is 2. The predicted molar refractivity (Wildman–Crippen MR) is 139 cm³/mol. The maximum atomic E-state index is 13.3. The van der Waals surface area contributed by atoms with Gasteiger partial charge < -0.3 is 10.2 Å². The van der Waals surface area contributed by atoms with Crippen molar-refractivity contribution < 1.29 is 9.59 Å². The van der Waals surface area contributed by atoms with Crippen molar-refractivity contribution in [3.8, 4) is 0 Å². The molecule has 0 fully saturated rings. The van der Waals surface area contributed by atoms with E-state index in [1.54, 1.807) is 23.1 Å². The van der Waals surface area contributed by atoms with Crippen molar-refractivity contribution in [2.75, 3.05) is 5.75 Å². The molecule has 0 radical (unpaired) electrons. The highest BCUT2D eigenvalue weighted by atomic mass is 79.9. The number of halogens is 3. The summed E-state index contributed by atoms with van der Waals surface area (Å²) in [6.45, 7) is 6.06. The van der Waals surface area contributed by atoms with Gasteiger partial charge in [-0.15, -0.1) is 11.8 Å². The average molecular weight is 560 g/mol. The lowest BCUT2D eigenvalue weighted by molar-refractivity contribution is -0.139. The van der Waals surface area contributed by atoms with Gasteiger partial charge in [0.1, 0.15) is 6.04 Å². The summed E-state index contributed by atoms with van der Waals surface area (Å²) in [4.78, 5) is 27.9. The zero-order valence-electron chi connectivity index (χ0n) is 18.5. The van der Waals surface area contributed by atoms with Crippen molar-refractivity contribution in [2.45, 2.75) is 58.0 Å². The minimum Gasteiger partial charge on any atom is -0.352 e. The minimum absolute atomic E-state index is 0.0317. The SMILES string of the molecule is CC[C@H](C(=O)N[C@@H](C)CC)N(Cc1c(Cl)cccc1Cl)C(=O)CSCc1ccc(Br)cc1. The van der Waals surface area contributed by atoms with E-state index in [1.165, 1.54) is 11.8 Å². The van der Waals surface area contributed by atoms with Gasteiger partial charge in [-0.3, -0.25) is 9.59 Å². The van der Waals surface area contributed by atoms with Gasteiger partial charge in [-0.1, -0.05) is 71.2 Å². The average Bonchev–Trinajstić information content (AvgIpc) is 2.76. The van der Waals surface area contributed by atoms with Gasteiger partial charge in [0.25, 0.3) is 0 Å². The van der Waals surface area contributed by atoms with Gasteiger partial charge in [0.15, 0.2) is 0 Å². The summed E-state index contributed by atoms with van der Waals surface area (Å²) in [5.41, 5.74) is 1.78. The quantitative estimate of drug-likeness (QED) is 0.333.